The Bertz CT molecular complexity index is 613. The lowest BCUT2D eigenvalue weighted by molar-refractivity contribution is 0.578. The van der Waals surface area contributed by atoms with Crippen LogP contribution in [0.4, 0.5) is 20.2 Å². The number of benzene rings is 2. The van der Waals surface area contributed by atoms with Crippen molar-refractivity contribution in [3.8, 4) is 0 Å². The lowest BCUT2D eigenvalue weighted by atomic mass is 10.0. The van der Waals surface area contributed by atoms with E-state index < -0.39 is 0 Å². The van der Waals surface area contributed by atoms with Gasteiger partial charge in [0.15, 0.2) is 0 Å². The van der Waals surface area contributed by atoms with Crippen molar-refractivity contribution in [1.82, 2.24) is 0 Å². The van der Waals surface area contributed by atoms with Crippen LogP contribution in [0.2, 0.25) is 0 Å². The zero-order valence-corrected chi connectivity index (χ0v) is 12.3. The summed E-state index contributed by atoms with van der Waals surface area (Å²) in [6.07, 6.45) is 1.19. The molecule has 2 rings (SSSR count). The van der Waals surface area contributed by atoms with E-state index in [0.29, 0.717) is 23.4 Å². The highest BCUT2D eigenvalue weighted by molar-refractivity contribution is 5.66. The van der Waals surface area contributed by atoms with Crippen LogP contribution < -0.4 is 10.6 Å². The van der Waals surface area contributed by atoms with Crippen molar-refractivity contribution in [3.05, 3.63) is 59.7 Å². The summed E-state index contributed by atoms with van der Waals surface area (Å²) < 4.78 is 28.1. The molecule has 0 heterocycles. The fraction of sp³-hybridized carbons (Fsp3) is 0.294. The van der Waals surface area contributed by atoms with Crippen molar-refractivity contribution < 1.29 is 8.78 Å². The first-order chi connectivity index (χ1) is 10.0. The van der Waals surface area contributed by atoms with Crippen LogP contribution in [0.25, 0.3) is 0 Å². The van der Waals surface area contributed by atoms with Crippen LogP contribution in [-0.2, 0) is 6.42 Å². The molecule has 0 amide bonds. The number of hydrogen-bond donors (Lipinski definition) is 1. The van der Waals surface area contributed by atoms with Gasteiger partial charge in [0, 0.05) is 24.3 Å². The molecule has 1 unspecified atom stereocenters. The molecule has 2 nitrogen and oxygen atoms in total. The standard InChI is InChI=1S/C17H20F2N2/c1-3-12(20)11-13-14(18)8-6-10-16(13)21(2)17-9-5-4-7-15(17)19/h4-10,12H,3,11,20H2,1-2H3. The normalized spacial score (nSPS) is 12.2. The molecule has 0 aliphatic rings. The Labute approximate surface area is 124 Å². The molecule has 0 saturated carbocycles. The Morgan fingerprint density at radius 3 is 2.29 bits per heavy atom. The average Bonchev–Trinajstić information content (AvgIpc) is 2.49. The van der Waals surface area contributed by atoms with E-state index in [2.05, 4.69) is 0 Å². The Hall–Kier alpha value is -1.94. The van der Waals surface area contributed by atoms with Crippen LogP contribution in [0.1, 0.15) is 18.9 Å². The maximum Gasteiger partial charge on any atom is 0.146 e. The second-order valence-corrected chi connectivity index (χ2v) is 5.12. The molecule has 4 heteroatoms. The van der Waals surface area contributed by atoms with Gasteiger partial charge in [-0.15, -0.1) is 0 Å². The first kappa shape index (κ1) is 15.4. The lowest BCUT2D eigenvalue weighted by Crippen LogP contribution is -2.24. The molecule has 0 radical (unpaired) electrons. The predicted octanol–water partition coefficient (Wildman–Crippen LogP) is 4.01. The molecule has 0 spiro atoms. The summed E-state index contributed by atoms with van der Waals surface area (Å²) in [5.74, 6) is -0.644. The summed E-state index contributed by atoms with van der Waals surface area (Å²) in [6, 6.07) is 11.2. The molecule has 0 fully saturated rings. The third-order valence-corrected chi connectivity index (χ3v) is 3.66. The zero-order chi connectivity index (χ0) is 15.4. The molecule has 2 aromatic rings. The number of halogens is 2. The number of anilines is 2. The van der Waals surface area contributed by atoms with E-state index in [1.807, 2.05) is 6.92 Å². The molecule has 2 N–H and O–H groups in total. The van der Waals surface area contributed by atoms with E-state index in [-0.39, 0.29) is 17.7 Å². The number of nitrogens with zero attached hydrogens (tertiary/aromatic N) is 1. The van der Waals surface area contributed by atoms with Crippen molar-refractivity contribution in [3.63, 3.8) is 0 Å². The van der Waals surface area contributed by atoms with Crippen molar-refractivity contribution in [2.24, 2.45) is 5.73 Å². The number of rotatable bonds is 5. The number of para-hydroxylation sites is 1. The van der Waals surface area contributed by atoms with Gasteiger partial charge in [0.1, 0.15) is 11.6 Å². The Morgan fingerprint density at radius 2 is 1.62 bits per heavy atom. The van der Waals surface area contributed by atoms with Gasteiger partial charge in [0.2, 0.25) is 0 Å². The summed E-state index contributed by atoms with van der Waals surface area (Å²) in [7, 11) is 1.73. The van der Waals surface area contributed by atoms with Crippen LogP contribution in [-0.4, -0.2) is 13.1 Å². The van der Waals surface area contributed by atoms with E-state index in [1.54, 1.807) is 42.3 Å². The van der Waals surface area contributed by atoms with Gasteiger partial charge < -0.3 is 10.6 Å². The summed E-state index contributed by atoms with van der Waals surface area (Å²) >= 11 is 0. The highest BCUT2D eigenvalue weighted by Gasteiger charge is 2.17. The Kier molecular flexibility index (Phi) is 4.91. The highest BCUT2D eigenvalue weighted by Crippen LogP contribution is 2.31. The fourth-order valence-corrected chi connectivity index (χ4v) is 2.32. The van der Waals surface area contributed by atoms with Gasteiger partial charge in [0.25, 0.3) is 0 Å². The molecule has 2 aromatic carbocycles. The Morgan fingerprint density at radius 1 is 1.00 bits per heavy atom. The zero-order valence-electron chi connectivity index (χ0n) is 12.3. The maximum absolute atomic E-state index is 14.1. The SMILES string of the molecule is CCC(N)Cc1c(F)cccc1N(C)c1ccccc1F. The maximum atomic E-state index is 14.1. The third kappa shape index (κ3) is 3.39. The minimum atomic E-state index is -0.338. The molecular weight excluding hydrogens is 270 g/mol. The van der Waals surface area contributed by atoms with Gasteiger partial charge in [-0.05, 0) is 37.1 Å². The van der Waals surface area contributed by atoms with Crippen LogP contribution in [0.5, 0.6) is 0 Å². The quantitative estimate of drug-likeness (QED) is 0.901. The van der Waals surface area contributed by atoms with E-state index in [0.717, 1.165) is 6.42 Å². The van der Waals surface area contributed by atoms with E-state index in [1.165, 1.54) is 12.1 Å². The van der Waals surface area contributed by atoms with Gasteiger partial charge >= 0.3 is 0 Å². The summed E-state index contributed by atoms with van der Waals surface area (Å²) in [5.41, 5.74) is 7.53. The molecule has 112 valence electrons. The largest absolute Gasteiger partial charge is 0.342 e. The van der Waals surface area contributed by atoms with Gasteiger partial charge in [0.05, 0.1) is 5.69 Å². The molecule has 0 aliphatic heterocycles. The van der Waals surface area contributed by atoms with Gasteiger partial charge in [-0.25, -0.2) is 8.78 Å². The topological polar surface area (TPSA) is 29.3 Å². The molecule has 21 heavy (non-hydrogen) atoms. The van der Waals surface area contributed by atoms with Gasteiger partial charge in [-0.2, -0.15) is 0 Å². The van der Waals surface area contributed by atoms with Crippen LogP contribution in [0, 0.1) is 11.6 Å². The van der Waals surface area contributed by atoms with E-state index >= 15 is 0 Å². The van der Waals surface area contributed by atoms with Gasteiger partial charge in [-0.1, -0.05) is 25.1 Å². The predicted molar refractivity (Wildman–Crippen MR) is 82.8 cm³/mol. The molecule has 0 bridgehead atoms. The highest BCUT2D eigenvalue weighted by atomic mass is 19.1. The number of hydrogen-bond acceptors (Lipinski definition) is 2. The average molecular weight is 290 g/mol. The molecule has 0 saturated heterocycles. The van der Waals surface area contributed by atoms with Crippen molar-refractivity contribution >= 4 is 11.4 Å². The number of nitrogens with two attached hydrogens (primary N) is 1. The monoisotopic (exact) mass is 290 g/mol. The Balaban J connectivity index is 2.44. The second-order valence-electron chi connectivity index (χ2n) is 5.12. The molecule has 0 aromatic heterocycles. The summed E-state index contributed by atoms with van der Waals surface area (Å²) in [6.45, 7) is 1.96. The smallest absolute Gasteiger partial charge is 0.146 e. The molecule has 0 aliphatic carbocycles. The van der Waals surface area contributed by atoms with E-state index in [9.17, 15) is 8.78 Å². The lowest BCUT2D eigenvalue weighted by Gasteiger charge is -2.24. The van der Waals surface area contributed by atoms with Crippen molar-refractivity contribution in [1.29, 1.82) is 0 Å². The minimum absolute atomic E-state index is 0.116. The third-order valence-electron chi connectivity index (χ3n) is 3.66. The first-order valence-corrected chi connectivity index (χ1v) is 7.05. The van der Waals surface area contributed by atoms with Gasteiger partial charge in [-0.3, -0.25) is 0 Å². The molecule has 1 atom stereocenters. The first-order valence-electron chi connectivity index (χ1n) is 7.05. The van der Waals surface area contributed by atoms with Crippen LogP contribution in [0.3, 0.4) is 0 Å². The summed E-state index contributed by atoms with van der Waals surface area (Å²) in [5, 5.41) is 0. The molecular formula is C17H20F2N2. The van der Waals surface area contributed by atoms with Crippen molar-refractivity contribution in [2.45, 2.75) is 25.8 Å². The van der Waals surface area contributed by atoms with Crippen LogP contribution in [0.15, 0.2) is 42.5 Å². The van der Waals surface area contributed by atoms with E-state index in [4.69, 9.17) is 5.73 Å². The van der Waals surface area contributed by atoms with Crippen molar-refractivity contribution in [2.75, 3.05) is 11.9 Å². The second kappa shape index (κ2) is 6.68. The van der Waals surface area contributed by atoms with Crippen LogP contribution >= 0.6 is 0 Å². The summed E-state index contributed by atoms with van der Waals surface area (Å²) in [4.78, 5) is 1.66. The fourth-order valence-electron chi connectivity index (χ4n) is 2.32. The minimum Gasteiger partial charge on any atom is -0.342 e.